The Balaban J connectivity index is 1.90. The molecule has 0 saturated carbocycles. The Hall–Kier alpha value is -1.81. The number of ether oxygens (including phenoxy) is 1. The molecule has 0 radical (unpaired) electrons. The van der Waals surface area contributed by atoms with Gasteiger partial charge in [-0.25, -0.2) is 4.98 Å². The van der Waals surface area contributed by atoms with Crippen molar-refractivity contribution in [3.05, 3.63) is 47.7 Å². The molecule has 1 aliphatic heterocycles. The number of nitrogens with zero attached hydrogens (tertiary/aromatic N) is 1. The predicted octanol–water partition coefficient (Wildman–Crippen LogP) is 3.02. The van der Waals surface area contributed by atoms with E-state index in [4.69, 9.17) is 9.15 Å². The lowest BCUT2D eigenvalue weighted by atomic mass is 10.0. The van der Waals surface area contributed by atoms with Crippen LogP contribution in [-0.4, -0.2) is 18.1 Å². The maximum absolute atomic E-state index is 6.31. The molecule has 1 saturated heterocycles. The first-order valence-electron chi connectivity index (χ1n) is 7.08. The van der Waals surface area contributed by atoms with Crippen LogP contribution in [-0.2, 0) is 0 Å². The molecule has 1 aromatic carbocycles. The van der Waals surface area contributed by atoms with Crippen molar-refractivity contribution in [2.24, 2.45) is 5.92 Å². The summed E-state index contributed by atoms with van der Waals surface area (Å²) in [6.07, 6.45) is 4.25. The molecule has 2 aromatic rings. The van der Waals surface area contributed by atoms with Gasteiger partial charge in [0.15, 0.2) is 6.10 Å². The van der Waals surface area contributed by atoms with E-state index in [2.05, 4.69) is 42.3 Å². The minimum Gasteiger partial charge on any atom is -0.480 e. The van der Waals surface area contributed by atoms with E-state index in [-0.39, 0.29) is 6.10 Å². The van der Waals surface area contributed by atoms with Crippen LogP contribution in [0.1, 0.15) is 29.5 Å². The summed E-state index contributed by atoms with van der Waals surface area (Å²) in [5.74, 6) is 2.01. The third kappa shape index (κ3) is 2.56. The van der Waals surface area contributed by atoms with Crippen LogP contribution in [0.15, 0.2) is 35.1 Å². The maximum atomic E-state index is 6.31. The molecule has 3 rings (SSSR count). The Morgan fingerprint density at radius 1 is 1.35 bits per heavy atom. The highest BCUT2D eigenvalue weighted by atomic mass is 16.5. The standard InChI is InChI=1S/C16H20N2O2/c1-11-4-3-5-12(2)14(11)20-15(13-6-7-17-10-13)16-18-8-9-19-16/h3-5,8-9,13,15,17H,6-7,10H2,1-2H3/t13-,15+/m0/s1. The van der Waals surface area contributed by atoms with Crippen molar-refractivity contribution in [1.29, 1.82) is 0 Å². The van der Waals surface area contributed by atoms with Crippen molar-refractivity contribution >= 4 is 0 Å². The third-order valence-electron chi connectivity index (χ3n) is 3.87. The first-order chi connectivity index (χ1) is 9.75. The number of hydrogen-bond donors (Lipinski definition) is 1. The van der Waals surface area contributed by atoms with Gasteiger partial charge in [-0.15, -0.1) is 0 Å². The summed E-state index contributed by atoms with van der Waals surface area (Å²) in [5, 5.41) is 3.38. The van der Waals surface area contributed by atoms with Crippen LogP contribution in [0, 0.1) is 19.8 Å². The average molecular weight is 272 g/mol. The lowest BCUT2D eigenvalue weighted by Crippen LogP contribution is -2.22. The molecular weight excluding hydrogens is 252 g/mol. The zero-order valence-corrected chi connectivity index (χ0v) is 11.9. The lowest BCUT2D eigenvalue weighted by molar-refractivity contribution is 0.112. The highest BCUT2D eigenvalue weighted by Gasteiger charge is 2.31. The van der Waals surface area contributed by atoms with E-state index < -0.39 is 0 Å². The van der Waals surface area contributed by atoms with Crippen molar-refractivity contribution in [1.82, 2.24) is 10.3 Å². The van der Waals surface area contributed by atoms with Gasteiger partial charge in [-0.3, -0.25) is 0 Å². The summed E-state index contributed by atoms with van der Waals surface area (Å²) in [5.41, 5.74) is 2.29. The topological polar surface area (TPSA) is 47.3 Å². The number of para-hydroxylation sites is 1. The molecule has 0 amide bonds. The number of hydrogen-bond acceptors (Lipinski definition) is 4. The summed E-state index contributed by atoms with van der Waals surface area (Å²) < 4.78 is 11.8. The number of benzene rings is 1. The number of nitrogens with one attached hydrogen (secondary N) is 1. The highest BCUT2D eigenvalue weighted by molar-refractivity contribution is 5.40. The molecule has 4 nitrogen and oxygen atoms in total. The number of rotatable bonds is 4. The van der Waals surface area contributed by atoms with E-state index in [0.717, 1.165) is 36.4 Å². The van der Waals surface area contributed by atoms with Crippen molar-refractivity contribution in [3.63, 3.8) is 0 Å². The van der Waals surface area contributed by atoms with Crippen LogP contribution >= 0.6 is 0 Å². The smallest absolute Gasteiger partial charge is 0.235 e. The highest BCUT2D eigenvalue weighted by Crippen LogP contribution is 2.34. The predicted molar refractivity (Wildman–Crippen MR) is 76.8 cm³/mol. The van der Waals surface area contributed by atoms with Crippen LogP contribution in [0.4, 0.5) is 0 Å². The minimum atomic E-state index is -0.125. The molecule has 0 unspecified atom stereocenters. The van der Waals surface area contributed by atoms with Gasteiger partial charge in [-0.2, -0.15) is 0 Å². The maximum Gasteiger partial charge on any atom is 0.235 e. The summed E-state index contributed by atoms with van der Waals surface area (Å²) >= 11 is 0. The second kappa shape index (κ2) is 5.67. The van der Waals surface area contributed by atoms with Crippen molar-refractivity contribution in [2.75, 3.05) is 13.1 Å². The molecule has 0 spiro atoms. The molecule has 0 bridgehead atoms. The van der Waals surface area contributed by atoms with Gasteiger partial charge in [0, 0.05) is 12.5 Å². The monoisotopic (exact) mass is 272 g/mol. The summed E-state index contributed by atoms with van der Waals surface area (Å²) in [4.78, 5) is 4.30. The first-order valence-corrected chi connectivity index (χ1v) is 7.08. The Bertz CT molecular complexity index is 540. The van der Waals surface area contributed by atoms with Crippen LogP contribution in [0.5, 0.6) is 5.75 Å². The van der Waals surface area contributed by atoms with E-state index >= 15 is 0 Å². The summed E-state index contributed by atoms with van der Waals surface area (Å²) in [7, 11) is 0. The molecule has 106 valence electrons. The summed E-state index contributed by atoms with van der Waals surface area (Å²) in [6.45, 7) is 6.11. The largest absolute Gasteiger partial charge is 0.480 e. The average Bonchev–Trinajstić information content (AvgIpc) is 3.12. The van der Waals surface area contributed by atoms with E-state index in [9.17, 15) is 0 Å². The third-order valence-corrected chi connectivity index (χ3v) is 3.87. The molecular formula is C16H20N2O2. The molecule has 1 aromatic heterocycles. The van der Waals surface area contributed by atoms with Crippen LogP contribution in [0.25, 0.3) is 0 Å². The molecule has 1 aliphatic rings. The second-order valence-electron chi connectivity index (χ2n) is 5.38. The first kappa shape index (κ1) is 13.2. The van der Waals surface area contributed by atoms with Crippen molar-refractivity contribution in [3.8, 4) is 5.75 Å². The Kier molecular flexibility index (Phi) is 3.74. The van der Waals surface area contributed by atoms with Gasteiger partial charge in [0.05, 0.1) is 6.20 Å². The van der Waals surface area contributed by atoms with Crippen LogP contribution < -0.4 is 10.1 Å². The summed E-state index contributed by atoms with van der Waals surface area (Å²) in [6, 6.07) is 6.19. The Morgan fingerprint density at radius 3 is 2.75 bits per heavy atom. The minimum absolute atomic E-state index is 0.125. The number of aryl methyl sites for hydroxylation is 2. The van der Waals surface area contributed by atoms with Gasteiger partial charge < -0.3 is 14.5 Å². The molecule has 2 heterocycles. The number of oxazole rings is 1. The molecule has 0 aliphatic carbocycles. The van der Waals surface area contributed by atoms with Gasteiger partial charge in [-0.05, 0) is 37.9 Å². The van der Waals surface area contributed by atoms with E-state index in [1.54, 1.807) is 12.5 Å². The van der Waals surface area contributed by atoms with Gasteiger partial charge in [0.2, 0.25) is 5.89 Å². The van der Waals surface area contributed by atoms with E-state index in [0.29, 0.717) is 11.8 Å². The van der Waals surface area contributed by atoms with Gasteiger partial charge in [0.1, 0.15) is 12.0 Å². The molecule has 20 heavy (non-hydrogen) atoms. The molecule has 4 heteroatoms. The SMILES string of the molecule is Cc1cccc(C)c1O[C@@H](c1ncco1)[C@H]1CCNC1. The second-order valence-corrected chi connectivity index (χ2v) is 5.38. The molecule has 2 atom stereocenters. The fraction of sp³-hybridized carbons (Fsp3) is 0.438. The van der Waals surface area contributed by atoms with E-state index in [1.807, 2.05) is 0 Å². The quantitative estimate of drug-likeness (QED) is 0.929. The van der Waals surface area contributed by atoms with Crippen LogP contribution in [0.2, 0.25) is 0 Å². The fourth-order valence-corrected chi connectivity index (χ4v) is 2.77. The molecule has 1 fully saturated rings. The lowest BCUT2D eigenvalue weighted by Gasteiger charge is -2.23. The van der Waals surface area contributed by atoms with Gasteiger partial charge in [-0.1, -0.05) is 18.2 Å². The number of aromatic nitrogens is 1. The van der Waals surface area contributed by atoms with E-state index in [1.165, 1.54) is 0 Å². The Morgan fingerprint density at radius 2 is 2.15 bits per heavy atom. The van der Waals surface area contributed by atoms with Gasteiger partial charge >= 0.3 is 0 Å². The molecule has 1 N–H and O–H groups in total. The normalized spacial score (nSPS) is 20.0. The van der Waals surface area contributed by atoms with Crippen molar-refractivity contribution < 1.29 is 9.15 Å². The zero-order valence-electron chi connectivity index (χ0n) is 11.9. The van der Waals surface area contributed by atoms with Crippen LogP contribution in [0.3, 0.4) is 0 Å². The van der Waals surface area contributed by atoms with Crippen molar-refractivity contribution in [2.45, 2.75) is 26.4 Å². The fourth-order valence-electron chi connectivity index (χ4n) is 2.77. The zero-order chi connectivity index (χ0) is 13.9. The van der Waals surface area contributed by atoms with Gasteiger partial charge in [0.25, 0.3) is 0 Å². The Labute approximate surface area is 119 Å².